The first-order valence-electron chi connectivity index (χ1n) is 17.3. The first-order chi connectivity index (χ1) is 18.7. The van der Waals surface area contributed by atoms with Crippen LogP contribution in [0.2, 0.25) is 0 Å². The maximum atomic E-state index is 12.6. The molecule has 0 spiro atoms. The van der Waals surface area contributed by atoms with Gasteiger partial charge in [0, 0.05) is 12.8 Å². The lowest BCUT2D eigenvalue weighted by molar-refractivity contribution is -0.151. The number of hydrogen-bond donors (Lipinski definition) is 0. The van der Waals surface area contributed by atoms with Crippen LogP contribution in [0, 0.1) is 40.4 Å². The molecule has 0 saturated heterocycles. The standard InChI is InChI=1S/C37H62O2/c1-7-8-9-10-11-12-17-35(38)39-30-22-24-36(5)29(26-30)18-19-31-33-21-20-32(37(33,6)25-23-34(31)36)28(4)16-14-13-15-27(2)3/h18,27,30-34H,4,7-17,19-26H2,1-3,5-6H3. The second-order valence-electron chi connectivity index (χ2n) is 15.1. The van der Waals surface area contributed by atoms with Crippen LogP contribution < -0.4 is 0 Å². The average Bonchev–Trinajstić information content (AvgIpc) is 3.26. The lowest BCUT2D eigenvalue weighted by Gasteiger charge is -2.58. The molecule has 2 heteroatoms. The van der Waals surface area contributed by atoms with Crippen LogP contribution in [-0.4, -0.2) is 12.1 Å². The van der Waals surface area contributed by atoms with Gasteiger partial charge in [-0.1, -0.05) is 103 Å². The zero-order valence-electron chi connectivity index (χ0n) is 26.5. The highest BCUT2D eigenvalue weighted by atomic mass is 16.5. The molecule has 0 aliphatic heterocycles. The van der Waals surface area contributed by atoms with Crippen LogP contribution in [0.5, 0.6) is 0 Å². The van der Waals surface area contributed by atoms with Crippen LogP contribution in [0.15, 0.2) is 23.8 Å². The molecule has 3 saturated carbocycles. The third-order valence-corrected chi connectivity index (χ3v) is 12.1. The molecule has 4 rings (SSSR count). The molecule has 222 valence electrons. The maximum Gasteiger partial charge on any atom is 0.306 e. The smallest absolute Gasteiger partial charge is 0.306 e. The number of carbonyl (C=O) groups excluding carboxylic acids is 1. The molecule has 0 bridgehead atoms. The minimum absolute atomic E-state index is 0.0447. The molecule has 0 amide bonds. The minimum Gasteiger partial charge on any atom is -0.462 e. The normalized spacial score (nSPS) is 35.6. The Balaban J connectivity index is 1.30. The number of allylic oxidation sites excluding steroid dienone is 2. The van der Waals surface area contributed by atoms with Crippen LogP contribution in [0.4, 0.5) is 0 Å². The number of rotatable bonds is 14. The Hall–Kier alpha value is -1.05. The van der Waals surface area contributed by atoms with Gasteiger partial charge in [0.15, 0.2) is 0 Å². The summed E-state index contributed by atoms with van der Waals surface area (Å²) in [6.07, 6.45) is 26.0. The highest BCUT2D eigenvalue weighted by Crippen LogP contribution is 2.67. The van der Waals surface area contributed by atoms with Gasteiger partial charge < -0.3 is 4.74 Å². The largest absolute Gasteiger partial charge is 0.462 e. The monoisotopic (exact) mass is 538 g/mol. The van der Waals surface area contributed by atoms with Gasteiger partial charge in [0.25, 0.3) is 0 Å². The molecule has 0 N–H and O–H groups in total. The van der Waals surface area contributed by atoms with Crippen molar-refractivity contribution < 1.29 is 9.53 Å². The van der Waals surface area contributed by atoms with Crippen molar-refractivity contribution in [1.82, 2.24) is 0 Å². The fourth-order valence-corrected chi connectivity index (χ4v) is 9.77. The molecule has 0 aromatic rings. The molecule has 39 heavy (non-hydrogen) atoms. The van der Waals surface area contributed by atoms with E-state index in [-0.39, 0.29) is 12.1 Å². The number of carbonyl (C=O) groups is 1. The molecule has 7 atom stereocenters. The van der Waals surface area contributed by atoms with Crippen LogP contribution in [-0.2, 0) is 9.53 Å². The van der Waals surface area contributed by atoms with E-state index in [9.17, 15) is 4.79 Å². The van der Waals surface area contributed by atoms with Crippen molar-refractivity contribution >= 4 is 5.97 Å². The topological polar surface area (TPSA) is 26.3 Å². The highest BCUT2D eigenvalue weighted by molar-refractivity contribution is 5.69. The second-order valence-corrected chi connectivity index (χ2v) is 15.1. The van der Waals surface area contributed by atoms with E-state index in [0.29, 0.717) is 17.3 Å². The fraction of sp³-hybridized carbons (Fsp3) is 0.865. The molecule has 7 unspecified atom stereocenters. The highest BCUT2D eigenvalue weighted by Gasteiger charge is 2.58. The summed E-state index contributed by atoms with van der Waals surface area (Å²) in [5.41, 5.74) is 3.98. The van der Waals surface area contributed by atoms with Crippen molar-refractivity contribution in [2.75, 3.05) is 0 Å². The van der Waals surface area contributed by atoms with Crippen LogP contribution in [0.1, 0.15) is 157 Å². The van der Waals surface area contributed by atoms with Crippen molar-refractivity contribution in [1.29, 1.82) is 0 Å². The van der Waals surface area contributed by atoms with Crippen LogP contribution in [0.3, 0.4) is 0 Å². The van der Waals surface area contributed by atoms with Crippen molar-refractivity contribution in [2.24, 2.45) is 40.4 Å². The van der Waals surface area contributed by atoms with Crippen LogP contribution >= 0.6 is 0 Å². The Morgan fingerprint density at radius 3 is 2.46 bits per heavy atom. The van der Waals surface area contributed by atoms with Crippen molar-refractivity contribution in [3.05, 3.63) is 23.8 Å². The average molecular weight is 539 g/mol. The van der Waals surface area contributed by atoms with E-state index < -0.39 is 0 Å². The maximum absolute atomic E-state index is 12.6. The lowest BCUT2D eigenvalue weighted by atomic mass is 9.47. The van der Waals surface area contributed by atoms with Gasteiger partial charge in [-0.25, -0.2) is 0 Å². The minimum atomic E-state index is 0.0447. The molecule has 2 nitrogen and oxygen atoms in total. The van der Waals surface area contributed by atoms with E-state index in [1.165, 1.54) is 96.3 Å². The molecule has 0 radical (unpaired) electrons. The molecule has 0 aromatic heterocycles. The Morgan fingerprint density at radius 2 is 1.69 bits per heavy atom. The van der Waals surface area contributed by atoms with Gasteiger partial charge in [0.05, 0.1) is 0 Å². The summed E-state index contributed by atoms with van der Waals surface area (Å²) in [5, 5.41) is 0. The molecule has 4 aliphatic carbocycles. The van der Waals surface area contributed by atoms with E-state index in [4.69, 9.17) is 4.74 Å². The lowest BCUT2D eigenvalue weighted by Crippen LogP contribution is -2.50. The van der Waals surface area contributed by atoms with Crippen molar-refractivity contribution in [2.45, 2.75) is 163 Å². The quantitative estimate of drug-likeness (QED) is 0.125. The summed E-state index contributed by atoms with van der Waals surface area (Å²) < 4.78 is 6.04. The Bertz CT molecular complexity index is 853. The van der Waals surface area contributed by atoms with E-state index >= 15 is 0 Å². The van der Waals surface area contributed by atoms with E-state index in [2.05, 4.69) is 47.3 Å². The van der Waals surface area contributed by atoms with Gasteiger partial charge >= 0.3 is 5.97 Å². The summed E-state index contributed by atoms with van der Waals surface area (Å²) in [6.45, 7) is 16.8. The van der Waals surface area contributed by atoms with Gasteiger partial charge in [-0.2, -0.15) is 0 Å². The first kappa shape index (κ1) is 30.9. The SMILES string of the molecule is C=C(CCCCC(C)C)C1CCC2C3CC=C4CC(OC(=O)CCCCCCCC)CCC4(C)C3CCC12C. The summed E-state index contributed by atoms with van der Waals surface area (Å²) >= 11 is 0. The number of hydrogen-bond acceptors (Lipinski definition) is 2. The number of unbranched alkanes of at least 4 members (excludes halogenated alkanes) is 6. The molecule has 0 heterocycles. The zero-order valence-corrected chi connectivity index (χ0v) is 26.5. The van der Waals surface area contributed by atoms with Gasteiger partial charge in [-0.15, -0.1) is 0 Å². The fourth-order valence-electron chi connectivity index (χ4n) is 9.77. The van der Waals surface area contributed by atoms with Gasteiger partial charge in [0.2, 0.25) is 0 Å². The molecule has 3 fully saturated rings. The summed E-state index contributed by atoms with van der Waals surface area (Å²) in [6, 6.07) is 0. The summed E-state index contributed by atoms with van der Waals surface area (Å²) in [7, 11) is 0. The van der Waals surface area contributed by atoms with Gasteiger partial charge in [-0.05, 0) is 105 Å². The zero-order chi connectivity index (χ0) is 28.0. The summed E-state index contributed by atoms with van der Waals surface area (Å²) in [4.78, 5) is 12.6. The third kappa shape index (κ3) is 7.06. The Morgan fingerprint density at radius 1 is 0.949 bits per heavy atom. The Labute approximate surface area is 242 Å². The van der Waals surface area contributed by atoms with Gasteiger partial charge in [0.1, 0.15) is 6.10 Å². The second kappa shape index (κ2) is 13.7. The van der Waals surface area contributed by atoms with E-state index in [0.717, 1.165) is 48.9 Å². The first-order valence-corrected chi connectivity index (χ1v) is 17.3. The number of ether oxygens (including phenoxy) is 1. The third-order valence-electron chi connectivity index (χ3n) is 12.1. The molecule has 4 aliphatic rings. The molecular formula is C37H62O2. The van der Waals surface area contributed by atoms with E-state index in [1.54, 1.807) is 11.1 Å². The predicted molar refractivity (Wildman–Crippen MR) is 166 cm³/mol. The van der Waals surface area contributed by atoms with E-state index in [1.807, 2.05) is 0 Å². The molecule has 0 aromatic carbocycles. The number of fused-ring (bicyclic) bond motifs is 5. The summed E-state index contributed by atoms with van der Waals surface area (Å²) in [5.74, 6) is 4.11. The Kier molecular flexibility index (Phi) is 10.9. The van der Waals surface area contributed by atoms with Crippen LogP contribution in [0.25, 0.3) is 0 Å². The van der Waals surface area contributed by atoms with Gasteiger partial charge in [-0.3, -0.25) is 4.79 Å². The predicted octanol–water partition coefficient (Wildman–Crippen LogP) is 11.0. The number of esters is 1. The van der Waals surface area contributed by atoms with Crippen molar-refractivity contribution in [3.8, 4) is 0 Å². The molecular weight excluding hydrogens is 476 g/mol. The van der Waals surface area contributed by atoms with Crippen molar-refractivity contribution in [3.63, 3.8) is 0 Å².